The van der Waals surface area contributed by atoms with Crippen LogP contribution in [0, 0.1) is 5.82 Å². The van der Waals surface area contributed by atoms with Crippen LogP contribution in [0.3, 0.4) is 0 Å². The van der Waals surface area contributed by atoms with Gasteiger partial charge in [0.15, 0.2) is 5.69 Å². The van der Waals surface area contributed by atoms with Crippen molar-refractivity contribution in [3.8, 4) is 17.0 Å². The van der Waals surface area contributed by atoms with Crippen LogP contribution in [-0.2, 0) is 13.5 Å². The second kappa shape index (κ2) is 7.11. The van der Waals surface area contributed by atoms with E-state index in [-0.39, 0.29) is 17.8 Å². The number of halogens is 1. The molecule has 0 aliphatic carbocycles. The predicted octanol–water partition coefficient (Wildman–Crippen LogP) is 3.99. The molecule has 144 valence electrons. The highest BCUT2D eigenvalue weighted by molar-refractivity contribution is 5.94. The van der Waals surface area contributed by atoms with E-state index in [1.807, 2.05) is 24.0 Å². The van der Waals surface area contributed by atoms with Gasteiger partial charge in [-0.25, -0.2) is 4.39 Å². The maximum Gasteiger partial charge on any atom is 0.274 e. The number of amides is 1. The first-order valence-electron chi connectivity index (χ1n) is 9.25. The largest absolute Gasteiger partial charge is 0.497 e. The third-order valence-corrected chi connectivity index (χ3v) is 5.39. The number of nitrogens with zero attached hydrogens (tertiary/aromatic N) is 3. The Morgan fingerprint density at radius 1 is 1.18 bits per heavy atom. The molecule has 28 heavy (non-hydrogen) atoms. The number of aryl methyl sites for hydroxylation is 1. The molecule has 0 saturated heterocycles. The van der Waals surface area contributed by atoms with Crippen molar-refractivity contribution in [2.24, 2.45) is 7.05 Å². The monoisotopic (exact) mass is 379 g/mol. The van der Waals surface area contributed by atoms with Gasteiger partial charge in [0, 0.05) is 13.6 Å². The third-order valence-electron chi connectivity index (χ3n) is 5.39. The number of ether oxygens (including phenoxy) is 1. The van der Waals surface area contributed by atoms with Crippen LogP contribution in [-0.4, -0.2) is 34.2 Å². The number of aromatic nitrogens is 2. The summed E-state index contributed by atoms with van der Waals surface area (Å²) in [6, 6.07) is 13.9. The number of benzene rings is 2. The maximum atomic E-state index is 13.2. The van der Waals surface area contributed by atoms with E-state index in [0.29, 0.717) is 12.2 Å². The normalized spacial score (nSPS) is 16.0. The van der Waals surface area contributed by atoms with Crippen molar-refractivity contribution < 1.29 is 13.9 Å². The molecule has 0 radical (unpaired) electrons. The van der Waals surface area contributed by atoms with Crippen molar-refractivity contribution in [2.45, 2.75) is 19.4 Å². The van der Waals surface area contributed by atoms with Crippen molar-refractivity contribution in [1.82, 2.24) is 14.7 Å². The van der Waals surface area contributed by atoms with E-state index in [1.54, 1.807) is 37.0 Å². The van der Waals surface area contributed by atoms with Crippen LogP contribution < -0.4 is 4.74 Å². The summed E-state index contributed by atoms with van der Waals surface area (Å²) in [7, 11) is 3.43. The summed E-state index contributed by atoms with van der Waals surface area (Å²) in [5, 5.41) is 4.42. The zero-order valence-corrected chi connectivity index (χ0v) is 16.1. The lowest BCUT2D eigenvalue weighted by Gasteiger charge is -2.35. The van der Waals surface area contributed by atoms with Crippen LogP contribution in [0.1, 0.15) is 34.6 Å². The molecule has 0 bridgehead atoms. The minimum atomic E-state index is -0.293. The molecule has 4 rings (SSSR count). The number of carbonyl (C=O) groups is 1. The van der Waals surface area contributed by atoms with Gasteiger partial charge in [0.1, 0.15) is 11.6 Å². The summed E-state index contributed by atoms with van der Waals surface area (Å²) in [5.74, 6) is 0.389. The van der Waals surface area contributed by atoms with Crippen molar-refractivity contribution in [1.29, 1.82) is 0 Å². The van der Waals surface area contributed by atoms with Gasteiger partial charge in [-0.2, -0.15) is 5.10 Å². The van der Waals surface area contributed by atoms with Crippen molar-refractivity contribution >= 4 is 5.91 Å². The Labute approximate surface area is 163 Å². The molecular weight excluding hydrogens is 357 g/mol. The first-order chi connectivity index (χ1) is 13.5. The molecule has 0 N–H and O–H groups in total. The summed E-state index contributed by atoms with van der Waals surface area (Å²) in [4.78, 5) is 15.0. The summed E-state index contributed by atoms with van der Waals surface area (Å²) in [5.41, 5.74) is 4.33. The Hall–Kier alpha value is -3.15. The molecule has 5 nitrogen and oxygen atoms in total. The fourth-order valence-electron chi connectivity index (χ4n) is 3.81. The van der Waals surface area contributed by atoms with E-state index in [2.05, 4.69) is 11.2 Å². The van der Waals surface area contributed by atoms with Crippen molar-refractivity contribution in [3.63, 3.8) is 0 Å². The van der Waals surface area contributed by atoms with Gasteiger partial charge in [-0.05, 0) is 72.5 Å². The third kappa shape index (κ3) is 3.15. The molecule has 1 aromatic heterocycles. The number of hydrogen-bond acceptors (Lipinski definition) is 3. The molecular formula is C22H22FN3O2. The van der Waals surface area contributed by atoms with E-state index in [9.17, 15) is 9.18 Å². The predicted molar refractivity (Wildman–Crippen MR) is 105 cm³/mol. The lowest BCUT2D eigenvalue weighted by molar-refractivity contribution is 0.0670. The Balaban J connectivity index is 1.63. The molecule has 1 aliphatic rings. The smallest absolute Gasteiger partial charge is 0.274 e. The number of carbonyl (C=O) groups excluding carboxylic acids is 1. The van der Waals surface area contributed by atoms with Gasteiger partial charge in [-0.15, -0.1) is 0 Å². The topological polar surface area (TPSA) is 47.4 Å². The average molecular weight is 379 g/mol. The van der Waals surface area contributed by atoms with Crippen LogP contribution in [0.5, 0.6) is 5.75 Å². The summed E-state index contributed by atoms with van der Waals surface area (Å²) in [6.45, 7) is 2.67. The van der Waals surface area contributed by atoms with Crippen LogP contribution in [0.25, 0.3) is 11.3 Å². The fourth-order valence-corrected chi connectivity index (χ4v) is 3.81. The maximum absolute atomic E-state index is 13.2. The molecule has 0 fully saturated rings. The molecule has 2 aromatic carbocycles. The first-order valence-corrected chi connectivity index (χ1v) is 9.25. The van der Waals surface area contributed by atoms with E-state index in [4.69, 9.17) is 4.74 Å². The van der Waals surface area contributed by atoms with E-state index in [0.717, 1.165) is 29.0 Å². The molecule has 2 heterocycles. The van der Waals surface area contributed by atoms with Gasteiger partial charge in [0.05, 0.1) is 18.8 Å². The highest BCUT2D eigenvalue weighted by Crippen LogP contribution is 2.33. The van der Waals surface area contributed by atoms with Crippen molar-refractivity contribution in [3.05, 3.63) is 71.2 Å². The minimum Gasteiger partial charge on any atom is -0.497 e. The van der Waals surface area contributed by atoms with Crippen LogP contribution in [0.4, 0.5) is 4.39 Å². The fraction of sp³-hybridized carbons (Fsp3) is 0.273. The van der Waals surface area contributed by atoms with E-state index < -0.39 is 0 Å². The SMILES string of the molecule is COc1ccc2c(c1)C(C)N(C(=O)c1cc(-c3ccc(F)cc3)n(C)n1)CC2. The molecule has 0 saturated carbocycles. The standard InChI is InChI=1S/C22H22FN3O2/c1-14-19-12-18(28-3)9-6-15(19)10-11-26(14)22(27)20-13-21(25(2)24-20)16-4-7-17(23)8-5-16/h4-9,12-14H,10-11H2,1-3H3. The van der Waals surface area contributed by atoms with Crippen LogP contribution >= 0.6 is 0 Å². The number of fused-ring (bicyclic) bond motifs is 1. The number of methoxy groups -OCH3 is 1. The van der Waals surface area contributed by atoms with Gasteiger partial charge in [-0.3, -0.25) is 9.48 Å². The van der Waals surface area contributed by atoms with E-state index in [1.165, 1.54) is 17.7 Å². The highest BCUT2D eigenvalue weighted by atomic mass is 19.1. The zero-order chi connectivity index (χ0) is 19.8. The van der Waals surface area contributed by atoms with Gasteiger partial charge >= 0.3 is 0 Å². The summed E-state index contributed by atoms with van der Waals surface area (Å²) < 4.78 is 20.2. The van der Waals surface area contributed by atoms with Gasteiger partial charge in [-0.1, -0.05) is 6.07 Å². The Morgan fingerprint density at radius 2 is 1.93 bits per heavy atom. The van der Waals surface area contributed by atoms with Gasteiger partial charge < -0.3 is 9.64 Å². The quantitative estimate of drug-likeness (QED) is 0.691. The summed E-state index contributed by atoms with van der Waals surface area (Å²) in [6.07, 6.45) is 0.799. The van der Waals surface area contributed by atoms with Crippen LogP contribution in [0.15, 0.2) is 48.5 Å². The number of hydrogen-bond donors (Lipinski definition) is 0. The second-order valence-electron chi connectivity index (χ2n) is 7.03. The van der Waals surface area contributed by atoms with Crippen LogP contribution in [0.2, 0.25) is 0 Å². The Bertz CT molecular complexity index is 1030. The molecule has 1 amide bonds. The molecule has 1 unspecified atom stereocenters. The molecule has 1 atom stereocenters. The summed E-state index contributed by atoms with van der Waals surface area (Å²) >= 11 is 0. The first kappa shape index (κ1) is 18.2. The average Bonchev–Trinajstić information content (AvgIpc) is 3.10. The zero-order valence-electron chi connectivity index (χ0n) is 16.1. The molecule has 3 aromatic rings. The minimum absolute atomic E-state index is 0.0670. The van der Waals surface area contributed by atoms with Gasteiger partial charge in [0.2, 0.25) is 0 Å². The molecule has 0 spiro atoms. The van der Waals surface area contributed by atoms with Gasteiger partial charge in [0.25, 0.3) is 5.91 Å². The lowest BCUT2D eigenvalue weighted by atomic mass is 9.93. The Morgan fingerprint density at radius 3 is 2.64 bits per heavy atom. The second-order valence-corrected chi connectivity index (χ2v) is 7.03. The molecule has 6 heteroatoms. The molecule has 1 aliphatic heterocycles. The lowest BCUT2D eigenvalue weighted by Crippen LogP contribution is -2.39. The van der Waals surface area contributed by atoms with E-state index >= 15 is 0 Å². The van der Waals surface area contributed by atoms with Crippen molar-refractivity contribution in [2.75, 3.05) is 13.7 Å². The highest BCUT2D eigenvalue weighted by Gasteiger charge is 2.30. The Kier molecular flexibility index (Phi) is 4.63. The number of rotatable bonds is 3.